The molecular formula is C17H31NO4. The lowest BCUT2D eigenvalue weighted by Gasteiger charge is -2.05. The van der Waals surface area contributed by atoms with Gasteiger partial charge >= 0.3 is 11.9 Å². The van der Waals surface area contributed by atoms with Gasteiger partial charge in [0, 0.05) is 12.6 Å². The van der Waals surface area contributed by atoms with Crippen LogP contribution in [0.2, 0.25) is 0 Å². The fraction of sp³-hybridized carbons (Fsp3) is 0.824. The summed E-state index contributed by atoms with van der Waals surface area (Å²) in [5, 5.41) is 7.18. The quantitative estimate of drug-likeness (QED) is 0.298. The highest BCUT2D eigenvalue weighted by atomic mass is 16.5. The first kappa shape index (κ1) is 20.6. The van der Waals surface area contributed by atoms with Crippen LogP contribution in [0.4, 0.5) is 0 Å². The first-order valence-corrected chi connectivity index (χ1v) is 8.35. The van der Waals surface area contributed by atoms with Gasteiger partial charge in [-0.1, -0.05) is 44.9 Å². The van der Waals surface area contributed by atoms with E-state index in [4.69, 9.17) is 14.9 Å². The molecule has 0 spiro atoms. The topological polar surface area (TPSA) is 76.5 Å². The van der Waals surface area contributed by atoms with E-state index < -0.39 is 0 Å². The van der Waals surface area contributed by atoms with Crippen LogP contribution in [0.3, 0.4) is 0 Å². The molecule has 0 rings (SSSR count). The van der Waals surface area contributed by atoms with Crippen LogP contribution in [0.1, 0.15) is 78.1 Å². The maximum Gasteiger partial charge on any atom is 0.311 e. The Labute approximate surface area is 134 Å². The largest absolute Gasteiger partial charge is 0.466 e. The van der Waals surface area contributed by atoms with Gasteiger partial charge < -0.3 is 14.9 Å². The van der Waals surface area contributed by atoms with Gasteiger partial charge in [0.15, 0.2) is 0 Å². The maximum atomic E-state index is 11.2. The number of hydrogen-bond donors (Lipinski definition) is 1. The van der Waals surface area contributed by atoms with Crippen LogP contribution >= 0.6 is 0 Å². The number of esters is 2. The summed E-state index contributed by atoms with van der Waals surface area (Å²) < 4.78 is 9.91. The highest BCUT2D eigenvalue weighted by Gasteiger charge is 2.03. The van der Waals surface area contributed by atoms with Crippen molar-refractivity contribution in [1.29, 1.82) is 5.41 Å². The zero-order valence-corrected chi connectivity index (χ0v) is 14.1. The minimum absolute atomic E-state index is 0.109. The zero-order chi connectivity index (χ0) is 16.6. The fourth-order valence-corrected chi connectivity index (χ4v) is 2.11. The van der Waals surface area contributed by atoms with E-state index in [1.54, 1.807) is 6.92 Å². The van der Waals surface area contributed by atoms with Crippen LogP contribution in [0.25, 0.3) is 0 Å². The van der Waals surface area contributed by atoms with Crippen molar-refractivity contribution in [3.63, 3.8) is 0 Å². The third kappa shape index (κ3) is 16.7. The predicted octanol–water partition coefficient (Wildman–Crippen LogP) is 4.03. The smallest absolute Gasteiger partial charge is 0.311 e. The summed E-state index contributed by atoms with van der Waals surface area (Å²) in [5.74, 6) is -0.486. The zero-order valence-electron chi connectivity index (χ0n) is 14.1. The van der Waals surface area contributed by atoms with E-state index >= 15 is 0 Å². The van der Waals surface area contributed by atoms with Crippen molar-refractivity contribution >= 4 is 17.7 Å². The minimum Gasteiger partial charge on any atom is -0.466 e. The Hall–Kier alpha value is -1.39. The number of hydrogen-bond acceptors (Lipinski definition) is 5. The number of ether oxygens (including phenoxy) is 2. The highest BCUT2D eigenvalue weighted by molar-refractivity contribution is 5.95. The van der Waals surface area contributed by atoms with Crippen LogP contribution < -0.4 is 0 Å². The van der Waals surface area contributed by atoms with Crippen molar-refractivity contribution in [2.45, 2.75) is 78.1 Å². The van der Waals surface area contributed by atoms with Crippen LogP contribution in [0.5, 0.6) is 0 Å². The second-order valence-corrected chi connectivity index (χ2v) is 5.70. The maximum absolute atomic E-state index is 11.2. The summed E-state index contributed by atoms with van der Waals surface area (Å²) in [6.45, 7) is 4.07. The molecule has 0 saturated heterocycles. The van der Waals surface area contributed by atoms with Crippen LogP contribution in [0, 0.1) is 5.41 Å². The van der Waals surface area contributed by atoms with Gasteiger partial charge in [-0.2, -0.15) is 0 Å². The molecule has 0 amide bonds. The summed E-state index contributed by atoms with van der Waals surface area (Å²) in [5.41, 5.74) is 0.345. The highest BCUT2D eigenvalue weighted by Crippen LogP contribution is 2.10. The first-order valence-electron chi connectivity index (χ1n) is 8.35. The van der Waals surface area contributed by atoms with Crippen molar-refractivity contribution in [3.8, 4) is 0 Å². The minimum atomic E-state index is -0.291. The molecule has 5 heteroatoms. The Morgan fingerprint density at radius 2 is 1.14 bits per heavy atom. The molecule has 0 aliphatic heterocycles. The van der Waals surface area contributed by atoms with Gasteiger partial charge in [0.2, 0.25) is 0 Å². The number of carbonyl (C=O) groups excluding carboxylic acids is 2. The first-order chi connectivity index (χ1) is 10.5. The van der Waals surface area contributed by atoms with Crippen molar-refractivity contribution < 1.29 is 19.1 Å². The molecule has 0 aromatic heterocycles. The van der Waals surface area contributed by atoms with Gasteiger partial charge in [-0.3, -0.25) is 9.59 Å². The van der Waals surface area contributed by atoms with Crippen LogP contribution in [0.15, 0.2) is 0 Å². The van der Waals surface area contributed by atoms with Gasteiger partial charge in [-0.05, 0) is 19.8 Å². The molecule has 0 heterocycles. The van der Waals surface area contributed by atoms with E-state index in [0.717, 1.165) is 25.7 Å². The number of rotatable bonds is 14. The molecule has 1 N–H and O–H groups in total. The molecule has 0 atom stereocenters. The fourth-order valence-electron chi connectivity index (χ4n) is 2.11. The molecule has 0 radical (unpaired) electrons. The Balaban J connectivity index is 3.13. The van der Waals surface area contributed by atoms with Crippen LogP contribution in [-0.4, -0.2) is 30.9 Å². The van der Waals surface area contributed by atoms with Crippen molar-refractivity contribution in [2.75, 3.05) is 13.2 Å². The third-order valence-electron chi connectivity index (χ3n) is 3.27. The number of nitrogens with one attached hydrogen (secondary N) is 1. The second kappa shape index (κ2) is 14.5. The molecule has 0 saturated carbocycles. The van der Waals surface area contributed by atoms with Gasteiger partial charge in [0.1, 0.15) is 0 Å². The average Bonchev–Trinajstić information content (AvgIpc) is 2.42. The van der Waals surface area contributed by atoms with Gasteiger partial charge in [-0.25, -0.2) is 0 Å². The monoisotopic (exact) mass is 313 g/mol. The van der Waals surface area contributed by atoms with E-state index in [1.165, 1.54) is 39.0 Å². The van der Waals surface area contributed by atoms with Gasteiger partial charge in [-0.15, -0.1) is 0 Å². The van der Waals surface area contributed by atoms with Gasteiger partial charge in [0.05, 0.1) is 19.6 Å². The van der Waals surface area contributed by atoms with Gasteiger partial charge in [0.25, 0.3) is 0 Å². The van der Waals surface area contributed by atoms with Crippen molar-refractivity contribution in [1.82, 2.24) is 0 Å². The Kier molecular flexibility index (Phi) is 13.6. The molecule has 0 aliphatic rings. The van der Waals surface area contributed by atoms with Crippen molar-refractivity contribution in [3.05, 3.63) is 0 Å². The van der Waals surface area contributed by atoms with E-state index in [1.807, 2.05) is 0 Å². The summed E-state index contributed by atoms with van der Waals surface area (Å²) >= 11 is 0. The molecule has 22 heavy (non-hydrogen) atoms. The third-order valence-corrected chi connectivity index (χ3v) is 3.27. The van der Waals surface area contributed by atoms with E-state index in [0.29, 0.717) is 18.9 Å². The normalized spacial score (nSPS) is 10.3. The Morgan fingerprint density at radius 1 is 0.727 bits per heavy atom. The summed E-state index contributed by atoms with van der Waals surface area (Å²) in [4.78, 5) is 21.7. The molecule has 128 valence electrons. The molecule has 0 fully saturated rings. The molecular weight excluding hydrogens is 282 g/mol. The summed E-state index contributed by atoms with van der Waals surface area (Å²) in [6, 6.07) is 0. The summed E-state index contributed by atoms with van der Waals surface area (Å²) in [6.07, 6.45) is 10.2. The molecule has 0 unspecified atom stereocenters. The summed E-state index contributed by atoms with van der Waals surface area (Å²) in [7, 11) is 0. The molecule has 0 aromatic rings. The number of unbranched alkanes of at least 4 members (excludes halogenated alkanes) is 8. The number of carbonyl (C=O) groups is 2. The van der Waals surface area contributed by atoms with E-state index in [9.17, 15) is 9.59 Å². The standard InChI is InChI=1S/C17H31NO4/c1-15(18)14-17(20)22-13-11-9-7-5-3-4-6-8-10-12-21-16(2)19/h18H,3-14H2,1-2H3. The molecule has 0 bridgehead atoms. The van der Waals surface area contributed by atoms with E-state index in [2.05, 4.69) is 0 Å². The molecule has 5 nitrogen and oxygen atoms in total. The predicted molar refractivity (Wildman–Crippen MR) is 87.2 cm³/mol. The lowest BCUT2D eigenvalue weighted by atomic mass is 10.1. The van der Waals surface area contributed by atoms with Crippen LogP contribution in [-0.2, 0) is 19.1 Å². The Bertz CT molecular complexity index is 329. The van der Waals surface area contributed by atoms with Crippen molar-refractivity contribution in [2.24, 2.45) is 0 Å². The van der Waals surface area contributed by atoms with E-state index in [-0.39, 0.29) is 18.4 Å². The average molecular weight is 313 g/mol. The second-order valence-electron chi connectivity index (χ2n) is 5.70. The molecule has 0 aliphatic carbocycles. The lowest BCUT2D eigenvalue weighted by molar-refractivity contribution is -0.142. The SMILES string of the molecule is CC(=N)CC(=O)OCCCCCCCCCCCOC(C)=O. The lowest BCUT2D eigenvalue weighted by Crippen LogP contribution is -2.09. The molecule has 0 aromatic carbocycles. The Morgan fingerprint density at radius 3 is 1.55 bits per heavy atom.